The summed E-state index contributed by atoms with van der Waals surface area (Å²) in [6.45, 7) is 8.59. The third-order valence-electron chi connectivity index (χ3n) is 5.30. The number of nitrogens with one attached hydrogen (secondary N) is 1. The summed E-state index contributed by atoms with van der Waals surface area (Å²) in [4.78, 5) is 26.0. The topological polar surface area (TPSA) is 104 Å². The quantitative estimate of drug-likeness (QED) is 0.221. The minimum Gasteiger partial charge on any atom is -0.444 e. The van der Waals surface area contributed by atoms with Crippen LogP contribution in [-0.4, -0.2) is 30.2 Å². The average Bonchev–Trinajstić information content (AvgIpc) is 2.77. The van der Waals surface area contributed by atoms with Crippen LogP contribution in [0.3, 0.4) is 0 Å². The van der Waals surface area contributed by atoms with Crippen LogP contribution in [0.25, 0.3) is 21.9 Å². The molecular weight excluding hydrogens is 544 g/mol. The summed E-state index contributed by atoms with van der Waals surface area (Å²) in [5.74, 6) is -1.40. The van der Waals surface area contributed by atoms with Gasteiger partial charge < -0.3 is 18.8 Å². The molecule has 1 aromatic heterocycles. The zero-order valence-electron chi connectivity index (χ0n) is 21.8. The van der Waals surface area contributed by atoms with Crippen LogP contribution in [0.5, 0.6) is 5.75 Å². The number of fused-ring (bicyclic) bond motifs is 1. The highest BCUT2D eigenvalue weighted by Crippen LogP contribution is 2.35. The molecule has 13 heteroatoms. The Bertz CT molecular complexity index is 1560. The van der Waals surface area contributed by atoms with Crippen LogP contribution in [0.15, 0.2) is 47.3 Å². The highest BCUT2D eigenvalue weighted by Gasteiger charge is 2.48. The molecule has 0 unspecified atom stereocenters. The molecular formula is C26H28F4N2O6S. The summed E-state index contributed by atoms with van der Waals surface area (Å²) in [7, 11) is -6.00. The number of hydrogen-bond donors (Lipinski definition) is 1. The van der Waals surface area contributed by atoms with Gasteiger partial charge >= 0.3 is 21.7 Å². The van der Waals surface area contributed by atoms with E-state index in [-0.39, 0.29) is 46.6 Å². The number of nitrogens with zero attached hydrogens (tertiary/aromatic N) is 1. The van der Waals surface area contributed by atoms with E-state index in [0.29, 0.717) is 0 Å². The Balaban J connectivity index is 2.34. The summed E-state index contributed by atoms with van der Waals surface area (Å²) >= 11 is 0. The summed E-state index contributed by atoms with van der Waals surface area (Å²) in [5, 5.41) is 2.59. The number of pyridine rings is 1. The van der Waals surface area contributed by atoms with Gasteiger partial charge in [0.2, 0.25) is 0 Å². The predicted octanol–water partition coefficient (Wildman–Crippen LogP) is 5.72. The normalized spacial score (nSPS) is 12.6. The molecule has 0 aliphatic heterocycles. The average molecular weight is 573 g/mol. The Hall–Kier alpha value is -3.61. The van der Waals surface area contributed by atoms with Crippen LogP contribution in [0.4, 0.5) is 22.4 Å². The molecule has 3 aromatic rings. The maximum atomic E-state index is 14.3. The Kier molecular flexibility index (Phi) is 8.34. The van der Waals surface area contributed by atoms with Gasteiger partial charge in [-0.05, 0) is 62.6 Å². The fourth-order valence-electron chi connectivity index (χ4n) is 3.88. The van der Waals surface area contributed by atoms with Crippen molar-refractivity contribution < 1.29 is 39.7 Å². The second-order valence-corrected chi connectivity index (χ2v) is 11.7. The number of ether oxygens (including phenoxy) is 1. The van der Waals surface area contributed by atoms with Gasteiger partial charge in [0.25, 0.3) is 5.56 Å². The largest absolute Gasteiger partial charge is 0.534 e. The van der Waals surface area contributed by atoms with Crippen molar-refractivity contribution in [2.45, 2.75) is 58.8 Å². The molecule has 0 aliphatic rings. The minimum absolute atomic E-state index is 0.00136. The molecule has 0 atom stereocenters. The van der Waals surface area contributed by atoms with Crippen LogP contribution in [0, 0.1) is 11.7 Å². The molecule has 1 heterocycles. The molecule has 0 saturated heterocycles. The van der Waals surface area contributed by atoms with Gasteiger partial charge in [-0.1, -0.05) is 26.0 Å². The molecule has 0 fully saturated rings. The smallest absolute Gasteiger partial charge is 0.444 e. The SMILES string of the molecule is CC(C)Cn1c(CNC(=O)OC(C)(C)C)c(-c2cccc(F)c2)c2cc(OS(=O)(=O)C(F)(F)F)ccc2c1=O. The maximum Gasteiger partial charge on any atom is 0.534 e. The van der Waals surface area contributed by atoms with Crippen molar-refractivity contribution in [1.29, 1.82) is 0 Å². The highest BCUT2D eigenvalue weighted by atomic mass is 32.2. The molecule has 0 aliphatic carbocycles. The van der Waals surface area contributed by atoms with Crippen molar-refractivity contribution in [2.24, 2.45) is 5.92 Å². The monoisotopic (exact) mass is 572 g/mol. The summed E-state index contributed by atoms with van der Waals surface area (Å²) < 4.78 is 87.4. The fraction of sp³-hybridized carbons (Fsp3) is 0.385. The minimum atomic E-state index is -6.00. The number of halogens is 4. The Morgan fingerprint density at radius 3 is 2.28 bits per heavy atom. The zero-order chi connectivity index (χ0) is 29.3. The number of aromatic nitrogens is 1. The fourth-order valence-corrected chi connectivity index (χ4v) is 4.33. The molecule has 3 rings (SSSR count). The van der Waals surface area contributed by atoms with Crippen molar-refractivity contribution in [2.75, 3.05) is 0 Å². The number of rotatable bonds is 7. The maximum absolute atomic E-state index is 14.3. The van der Waals surface area contributed by atoms with Crippen molar-refractivity contribution in [1.82, 2.24) is 9.88 Å². The summed E-state index contributed by atoms with van der Waals surface area (Å²) in [6, 6.07) is 8.28. The van der Waals surface area contributed by atoms with Crippen molar-refractivity contribution in [3.05, 3.63) is 64.3 Å². The Labute approximate surface area is 222 Å². The zero-order valence-corrected chi connectivity index (χ0v) is 22.7. The lowest BCUT2D eigenvalue weighted by Gasteiger charge is -2.23. The van der Waals surface area contributed by atoms with Gasteiger partial charge in [0.05, 0.1) is 6.54 Å². The number of carbonyl (C=O) groups excluding carboxylic acids is 1. The van der Waals surface area contributed by atoms with E-state index in [9.17, 15) is 35.6 Å². The first-order valence-electron chi connectivity index (χ1n) is 11.8. The second-order valence-electron chi connectivity index (χ2n) is 10.2. The molecule has 1 N–H and O–H groups in total. The van der Waals surface area contributed by atoms with E-state index in [4.69, 9.17) is 4.74 Å². The Morgan fingerprint density at radius 2 is 1.72 bits per heavy atom. The lowest BCUT2D eigenvalue weighted by Crippen LogP contribution is -2.35. The molecule has 0 spiro atoms. The van der Waals surface area contributed by atoms with Crippen LogP contribution in [0.1, 0.15) is 40.3 Å². The van der Waals surface area contributed by atoms with Crippen molar-refractivity contribution >= 4 is 27.0 Å². The van der Waals surface area contributed by atoms with E-state index in [1.54, 1.807) is 20.8 Å². The number of alkyl carbamates (subject to hydrolysis) is 1. The predicted molar refractivity (Wildman–Crippen MR) is 137 cm³/mol. The van der Waals surface area contributed by atoms with Gasteiger partial charge in [0.1, 0.15) is 17.2 Å². The number of benzene rings is 2. The second kappa shape index (κ2) is 10.9. The van der Waals surface area contributed by atoms with Crippen molar-refractivity contribution in [3.8, 4) is 16.9 Å². The summed E-state index contributed by atoms with van der Waals surface area (Å²) in [5.41, 5.74) is -6.44. The lowest BCUT2D eigenvalue weighted by atomic mass is 9.96. The first-order chi connectivity index (χ1) is 17.9. The van der Waals surface area contributed by atoms with Gasteiger partial charge in [-0.25, -0.2) is 9.18 Å². The molecule has 0 radical (unpaired) electrons. The molecule has 0 saturated carbocycles. The first kappa shape index (κ1) is 29.9. The van der Waals surface area contributed by atoms with Gasteiger partial charge in [0.15, 0.2) is 0 Å². The van der Waals surface area contributed by atoms with E-state index in [2.05, 4.69) is 9.50 Å². The van der Waals surface area contributed by atoms with Crippen LogP contribution < -0.4 is 15.1 Å². The van der Waals surface area contributed by atoms with Crippen LogP contribution >= 0.6 is 0 Å². The van der Waals surface area contributed by atoms with E-state index >= 15 is 0 Å². The van der Waals surface area contributed by atoms with Crippen LogP contribution in [-0.2, 0) is 27.9 Å². The van der Waals surface area contributed by atoms with E-state index < -0.39 is 44.4 Å². The van der Waals surface area contributed by atoms with E-state index in [1.807, 2.05) is 13.8 Å². The molecule has 1 amide bonds. The summed E-state index contributed by atoms with van der Waals surface area (Å²) in [6.07, 6.45) is -0.801. The molecule has 39 heavy (non-hydrogen) atoms. The van der Waals surface area contributed by atoms with E-state index in [0.717, 1.165) is 24.3 Å². The van der Waals surface area contributed by atoms with Crippen LogP contribution in [0.2, 0.25) is 0 Å². The third-order valence-corrected chi connectivity index (χ3v) is 6.28. The lowest BCUT2D eigenvalue weighted by molar-refractivity contribution is -0.0500. The molecule has 212 valence electrons. The first-order valence-corrected chi connectivity index (χ1v) is 13.2. The van der Waals surface area contributed by atoms with Crippen molar-refractivity contribution in [3.63, 3.8) is 0 Å². The van der Waals surface area contributed by atoms with Gasteiger partial charge in [0, 0.05) is 28.6 Å². The number of hydrogen-bond acceptors (Lipinski definition) is 6. The number of amides is 1. The molecule has 2 aromatic carbocycles. The third kappa shape index (κ3) is 7.08. The number of alkyl halides is 3. The van der Waals surface area contributed by atoms with E-state index in [1.165, 1.54) is 22.8 Å². The highest BCUT2D eigenvalue weighted by molar-refractivity contribution is 7.88. The van der Waals surface area contributed by atoms with Gasteiger partial charge in [-0.2, -0.15) is 21.6 Å². The van der Waals surface area contributed by atoms with Gasteiger partial charge in [-0.15, -0.1) is 0 Å². The Morgan fingerprint density at radius 1 is 1.05 bits per heavy atom. The number of carbonyl (C=O) groups is 1. The van der Waals surface area contributed by atoms with Gasteiger partial charge in [-0.3, -0.25) is 4.79 Å². The molecule has 0 bridgehead atoms. The molecule has 8 nitrogen and oxygen atoms in total. The standard InChI is InChI=1S/C26H28F4N2O6S/c1-15(2)14-32-21(13-31-24(34)37-25(3,4)5)22(16-7-6-8-17(27)11-16)20-12-18(9-10-19(20)23(32)33)38-39(35,36)26(28,29)30/h6-12,15H,13-14H2,1-5H3,(H,31,34).